The van der Waals surface area contributed by atoms with Gasteiger partial charge in [0.05, 0.1) is 12.5 Å². The number of nitrogens with one attached hydrogen (secondary N) is 3. The molecule has 1 atom stereocenters. The molecule has 0 aromatic heterocycles. The number of halogens is 1. The van der Waals surface area contributed by atoms with Crippen molar-refractivity contribution in [3.63, 3.8) is 0 Å². The average molecular weight is 427 g/mol. The highest BCUT2D eigenvalue weighted by Crippen LogP contribution is 2.18. The highest BCUT2D eigenvalue weighted by atomic mass is 19.1. The Morgan fingerprint density at radius 2 is 1.87 bits per heavy atom. The zero-order valence-electron chi connectivity index (χ0n) is 18.2. The van der Waals surface area contributed by atoms with E-state index in [2.05, 4.69) is 27.8 Å². The summed E-state index contributed by atoms with van der Waals surface area (Å²) < 4.78 is 13.8. The molecule has 2 aromatic carbocycles. The summed E-state index contributed by atoms with van der Waals surface area (Å²) in [7, 11) is 0. The first-order valence-corrected chi connectivity index (χ1v) is 10.9. The molecule has 3 amide bonds. The van der Waals surface area contributed by atoms with E-state index < -0.39 is 5.82 Å². The summed E-state index contributed by atoms with van der Waals surface area (Å²) in [5.74, 6) is -0.686. The molecule has 31 heavy (non-hydrogen) atoms. The molecule has 0 radical (unpaired) electrons. The van der Waals surface area contributed by atoms with Gasteiger partial charge in [-0.15, -0.1) is 0 Å². The number of likely N-dealkylation sites (tertiary alicyclic amines) is 1. The molecule has 166 valence electrons. The van der Waals surface area contributed by atoms with E-state index >= 15 is 0 Å². The molecule has 7 heteroatoms. The Kier molecular flexibility index (Phi) is 8.00. The lowest BCUT2D eigenvalue weighted by Crippen LogP contribution is -2.48. The summed E-state index contributed by atoms with van der Waals surface area (Å²) in [5, 5.41) is 8.84. The highest BCUT2D eigenvalue weighted by Gasteiger charge is 2.20. The van der Waals surface area contributed by atoms with E-state index in [4.69, 9.17) is 0 Å². The van der Waals surface area contributed by atoms with Crippen molar-refractivity contribution >= 4 is 17.6 Å². The third kappa shape index (κ3) is 6.79. The predicted octanol–water partition coefficient (Wildman–Crippen LogP) is 3.85. The van der Waals surface area contributed by atoms with Crippen molar-refractivity contribution in [2.24, 2.45) is 0 Å². The van der Waals surface area contributed by atoms with Crippen molar-refractivity contribution in [2.45, 2.75) is 45.2 Å². The number of hydrogen-bond acceptors (Lipinski definition) is 3. The van der Waals surface area contributed by atoms with Gasteiger partial charge in [-0.05, 0) is 55.6 Å². The van der Waals surface area contributed by atoms with Crippen molar-refractivity contribution in [2.75, 3.05) is 25.0 Å². The standard InChI is InChI=1S/C24H31FN4O2/c1-3-29-13-11-20(12-14-29)28-24(31)26-17(2)18-8-6-9-21(15-18)27-23(30)16-19-7-4-5-10-22(19)25/h4-10,15,17,20H,3,11-14,16H2,1-2H3,(H,27,30)(H2,26,28,31). The third-order valence-corrected chi connectivity index (χ3v) is 5.70. The second-order valence-corrected chi connectivity index (χ2v) is 7.99. The van der Waals surface area contributed by atoms with E-state index in [0.29, 0.717) is 11.3 Å². The Morgan fingerprint density at radius 3 is 2.58 bits per heavy atom. The van der Waals surface area contributed by atoms with Gasteiger partial charge in [0.15, 0.2) is 0 Å². The van der Waals surface area contributed by atoms with Gasteiger partial charge in [0, 0.05) is 24.8 Å². The summed E-state index contributed by atoms with van der Waals surface area (Å²) in [4.78, 5) is 27.1. The lowest BCUT2D eigenvalue weighted by molar-refractivity contribution is -0.115. The van der Waals surface area contributed by atoms with E-state index in [9.17, 15) is 14.0 Å². The molecule has 0 bridgehead atoms. The molecule has 3 N–H and O–H groups in total. The number of rotatable bonds is 7. The summed E-state index contributed by atoms with van der Waals surface area (Å²) in [6, 6.07) is 13.4. The van der Waals surface area contributed by atoms with Crippen molar-refractivity contribution in [3.8, 4) is 0 Å². The van der Waals surface area contributed by atoms with Gasteiger partial charge in [-0.25, -0.2) is 9.18 Å². The second-order valence-electron chi connectivity index (χ2n) is 7.99. The van der Waals surface area contributed by atoms with Gasteiger partial charge in [0.1, 0.15) is 5.82 Å². The van der Waals surface area contributed by atoms with Crippen LogP contribution in [-0.2, 0) is 11.2 Å². The smallest absolute Gasteiger partial charge is 0.315 e. The molecular weight excluding hydrogens is 395 g/mol. The number of hydrogen-bond donors (Lipinski definition) is 3. The summed E-state index contributed by atoms with van der Waals surface area (Å²) in [6.45, 7) is 7.11. The number of benzene rings is 2. The van der Waals surface area contributed by atoms with Crippen molar-refractivity contribution < 1.29 is 14.0 Å². The van der Waals surface area contributed by atoms with Gasteiger partial charge in [-0.3, -0.25) is 4.79 Å². The number of urea groups is 1. The molecule has 1 aliphatic heterocycles. The molecule has 2 aromatic rings. The topological polar surface area (TPSA) is 73.5 Å². The normalized spacial score (nSPS) is 15.8. The van der Waals surface area contributed by atoms with Gasteiger partial charge in [0.25, 0.3) is 0 Å². The fourth-order valence-corrected chi connectivity index (χ4v) is 3.81. The third-order valence-electron chi connectivity index (χ3n) is 5.70. The number of piperidine rings is 1. The summed E-state index contributed by atoms with van der Waals surface area (Å²) >= 11 is 0. The van der Waals surface area contributed by atoms with Crippen LogP contribution in [0.1, 0.15) is 43.9 Å². The van der Waals surface area contributed by atoms with Crippen LogP contribution in [0, 0.1) is 5.82 Å². The van der Waals surface area contributed by atoms with Crippen molar-refractivity contribution in [3.05, 3.63) is 65.5 Å². The predicted molar refractivity (Wildman–Crippen MR) is 120 cm³/mol. The first kappa shape index (κ1) is 22.7. The van der Waals surface area contributed by atoms with Crippen LogP contribution in [0.4, 0.5) is 14.9 Å². The van der Waals surface area contributed by atoms with Crippen LogP contribution in [-0.4, -0.2) is 42.5 Å². The number of anilines is 1. The van der Waals surface area contributed by atoms with Crippen molar-refractivity contribution in [1.82, 2.24) is 15.5 Å². The maximum atomic E-state index is 13.8. The number of carbonyl (C=O) groups is 2. The Bertz CT molecular complexity index is 897. The first-order chi connectivity index (χ1) is 14.9. The molecular formula is C24H31FN4O2. The van der Waals surface area contributed by atoms with Crippen LogP contribution in [0.25, 0.3) is 0 Å². The SMILES string of the molecule is CCN1CCC(NC(=O)NC(C)c2cccc(NC(=O)Cc3ccccc3F)c2)CC1. The molecule has 3 rings (SSSR count). The maximum Gasteiger partial charge on any atom is 0.315 e. The Balaban J connectivity index is 1.51. The molecule has 6 nitrogen and oxygen atoms in total. The zero-order chi connectivity index (χ0) is 22.2. The van der Waals surface area contributed by atoms with Gasteiger partial charge >= 0.3 is 6.03 Å². The lowest BCUT2D eigenvalue weighted by atomic mass is 10.1. The Labute approximate surface area is 183 Å². The van der Waals surface area contributed by atoms with Gasteiger partial charge in [-0.1, -0.05) is 37.3 Å². The van der Waals surface area contributed by atoms with E-state index in [1.54, 1.807) is 24.3 Å². The minimum Gasteiger partial charge on any atom is -0.335 e. The van der Waals surface area contributed by atoms with Crippen LogP contribution in [0.2, 0.25) is 0 Å². The molecule has 0 saturated carbocycles. The van der Waals surface area contributed by atoms with Gasteiger partial charge in [-0.2, -0.15) is 0 Å². The molecule has 1 heterocycles. The maximum absolute atomic E-state index is 13.8. The Morgan fingerprint density at radius 1 is 1.13 bits per heavy atom. The number of nitrogens with zero attached hydrogens (tertiary/aromatic N) is 1. The van der Waals surface area contributed by atoms with Crippen LogP contribution in [0.15, 0.2) is 48.5 Å². The second kappa shape index (κ2) is 10.9. The van der Waals surface area contributed by atoms with E-state index in [1.807, 2.05) is 25.1 Å². The van der Waals surface area contributed by atoms with Crippen LogP contribution in [0.5, 0.6) is 0 Å². The Hall–Kier alpha value is -2.93. The molecule has 1 fully saturated rings. The van der Waals surface area contributed by atoms with Gasteiger partial charge < -0.3 is 20.9 Å². The van der Waals surface area contributed by atoms with Crippen LogP contribution >= 0.6 is 0 Å². The minimum atomic E-state index is -0.393. The molecule has 1 saturated heterocycles. The minimum absolute atomic E-state index is 0.0377. The molecule has 0 spiro atoms. The van der Waals surface area contributed by atoms with E-state index in [0.717, 1.165) is 38.0 Å². The fraction of sp³-hybridized carbons (Fsp3) is 0.417. The monoisotopic (exact) mass is 426 g/mol. The molecule has 0 aliphatic carbocycles. The van der Waals surface area contributed by atoms with Gasteiger partial charge in [0.2, 0.25) is 5.91 Å². The zero-order valence-corrected chi connectivity index (χ0v) is 18.2. The van der Waals surface area contributed by atoms with E-state index in [1.165, 1.54) is 6.07 Å². The highest BCUT2D eigenvalue weighted by molar-refractivity contribution is 5.92. The largest absolute Gasteiger partial charge is 0.335 e. The van der Waals surface area contributed by atoms with Crippen LogP contribution < -0.4 is 16.0 Å². The molecule has 1 unspecified atom stereocenters. The lowest BCUT2D eigenvalue weighted by Gasteiger charge is -2.31. The van der Waals surface area contributed by atoms with E-state index in [-0.39, 0.29) is 30.4 Å². The quantitative estimate of drug-likeness (QED) is 0.630. The number of amides is 3. The summed E-state index contributed by atoms with van der Waals surface area (Å²) in [5.41, 5.74) is 1.84. The summed E-state index contributed by atoms with van der Waals surface area (Å²) in [6.07, 6.45) is 1.88. The molecule has 1 aliphatic rings. The number of carbonyl (C=O) groups excluding carboxylic acids is 2. The van der Waals surface area contributed by atoms with Crippen molar-refractivity contribution in [1.29, 1.82) is 0 Å². The first-order valence-electron chi connectivity index (χ1n) is 10.9. The van der Waals surface area contributed by atoms with Crippen LogP contribution in [0.3, 0.4) is 0 Å². The average Bonchev–Trinajstić information content (AvgIpc) is 2.76. The fourth-order valence-electron chi connectivity index (χ4n) is 3.81.